The molecule has 0 aliphatic carbocycles. The molecule has 152 valence electrons. The molecule has 0 fully saturated rings. The van der Waals surface area contributed by atoms with Crippen LogP contribution in [-0.4, -0.2) is 30.2 Å². The van der Waals surface area contributed by atoms with E-state index >= 15 is 0 Å². The van der Waals surface area contributed by atoms with Crippen LogP contribution in [0, 0.1) is 0 Å². The molecule has 2 aromatic heterocycles. The molecule has 0 saturated carbocycles. The van der Waals surface area contributed by atoms with E-state index in [1.165, 1.54) is 52.9 Å². The molecule has 4 rings (SSSR count). The fraction of sp³-hybridized carbons (Fsp3) is 0.0500. The lowest BCUT2D eigenvalue weighted by Gasteiger charge is -2.26. The molecule has 1 aliphatic rings. The first-order valence-electron chi connectivity index (χ1n) is 8.66. The number of aliphatic hydroxyl groups excluding tert-OH is 1. The standard InChI is InChI=1S/C20H15N3O5S2/c21-30(27,28)14-5-3-13(4-6-14)23-17(12-7-9-22-10-8-12)16(19(25)20(23)26)18(24)15-2-1-11-29-15/h1-11,17,25H,(H2,21,27,28). The van der Waals surface area contributed by atoms with Crippen LogP contribution >= 0.6 is 11.3 Å². The molecule has 0 radical (unpaired) electrons. The second kappa shape index (κ2) is 7.48. The van der Waals surface area contributed by atoms with Crippen molar-refractivity contribution in [3.8, 4) is 0 Å². The third-order valence-electron chi connectivity index (χ3n) is 4.66. The number of rotatable bonds is 5. The van der Waals surface area contributed by atoms with Gasteiger partial charge < -0.3 is 5.11 Å². The molecule has 1 amide bonds. The number of ketones is 1. The monoisotopic (exact) mass is 441 g/mol. The largest absolute Gasteiger partial charge is 0.503 e. The van der Waals surface area contributed by atoms with E-state index in [9.17, 15) is 23.1 Å². The highest BCUT2D eigenvalue weighted by atomic mass is 32.2. The van der Waals surface area contributed by atoms with Crippen LogP contribution < -0.4 is 10.0 Å². The Kier molecular flexibility index (Phi) is 4.98. The van der Waals surface area contributed by atoms with Crippen LogP contribution in [0.1, 0.15) is 21.3 Å². The Morgan fingerprint density at radius 1 is 1.10 bits per heavy atom. The number of hydrogen-bond acceptors (Lipinski definition) is 7. The van der Waals surface area contributed by atoms with Crippen molar-refractivity contribution in [1.29, 1.82) is 0 Å². The SMILES string of the molecule is NS(=O)(=O)c1ccc(N2C(=O)C(O)=C(C(=O)c3cccs3)C2c2ccncc2)cc1. The number of aromatic nitrogens is 1. The van der Waals surface area contributed by atoms with Gasteiger partial charge in [-0.2, -0.15) is 0 Å². The summed E-state index contributed by atoms with van der Waals surface area (Å²) in [7, 11) is -3.91. The zero-order valence-corrected chi connectivity index (χ0v) is 16.9. The average molecular weight is 441 g/mol. The number of amides is 1. The molecule has 3 aromatic rings. The molecule has 1 aromatic carbocycles. The Hall–Kier alpha value is -3.34. The zero-order chi connectivity index (χ0) is 21.5. The summed E-state index contributed by atoms with van der Waals surface area (Å²) in [6.45, 7) is 0. The van der Waals surface area contributed by atoms with E-state index in [-0.39, 0.29) is 10.5 Å². The highest BCUT2D eigenvalue weighted by molar-refractivity contribution is 7.89. The third-order valence-corrected chi connectivity index (χ3v) is 6.46. The maximum atomic E-state index is 13.1. The highest BCUT2D eigenvalue weighted by Gasteiger charge is 2.44. The minimum atomic E-state index is -3.91. The summed E-state index contributed by atoms with van der Waals surface area (Å²) >= 11 is 1.20. The second-order valence-electron chi connectivity index (χ2n) is 6.47. The average Bonchev–Trinajstić information content (AvgIpc) is 3.35. The number of anilines is 1. The maximum absolute atomic E-state index is 13.1. The van der Waals surface area contributed by atoms with E-state index in [2.05, 4.69) is 4.98 Å². The Balaban J connectivity index is 1.85. The predicted octanol–water partition coefficient (Wildman–Crippen LogP) is 2.57. The Morgan fingerprint density at radius 2 is 1.77 bits per heavy atom. The van der Waals surface area contributed by atoms with Crippen molar-refractivity contribution in [2.45, 2.75) is 10.9 Å². The van der Waals surface area contributed by atoms with Crippen LogP contribution in [0.15, 0.2) is 82.5 Å². The van der Waals surface area contributed by atoms with Crippen LogP contribution in [0.25, 0.3) is 0 Å². The Labute approximate surface area is 176 Å². The summed E-state index contributed by atoms with van der Waals surface area (Å²) in [5.74, 6) is -1.87. The van der Waals surface area contributed by atoms with Crippen molar-refractivity contribution in [2.24, 2.45) is 5.14 Å². The number of pyridine rings is 1. The van der Waals surface area contributed by atoms with E-state index < -0.39 is 33.5 Å². The molecule has 1 unspecified atom stereocenters. The van der Waals surface area contributed by atoms with Gasteiger partial charge in [0.2, 0.25) is 15.8 Å². The van der Waals surface area contributed by atoms with E-state index in [1.807, 2.05) is 0 Å². The zero-order valence-electron chi connectivity index (χ0n) is 15.3. The summed E-state index contributed by atoms with van der Waals surface area (Å²) in [4.78, 5) is 31.6. The summed E-state index contributed by atoms with van der Waals surface area (Å²) in [6.07, 6.45) is 3.04. The topological polar surface area (TPSA) is 131 Å². The van der Waals surface area contributed by atoms with E-state index in [1.54, 1.807) is 29.6 Å². The van der Waals surface area contributed by atoms with Gasteiger partial charge >= 0.3 is 0 Å². The summed E-state index contributed by atoms with van der Waals surface area (Å²) in [5.41, 5.74) is 0.816. The summed E-state index contributed by atoms with van der Waals surface area (Å²) < 4.78 is 23.1. The number of hydrogen-bond donors (Lipinski definition) is 2. The minimum absolute atomic E-state index is 0.0517. The first-order chi connectivity index (χ1) is 14.3. The lowest BCUT2D eigenvalue weighted by atomic mass is 9.96. The van der Waals surface area contributed by atoms with Crippen LogP contribution in [0.4, 0.5) is 5.69 Å². The first kappa shape index (κ1) is 20.0. The van der Waals surface area contributed by atoms with Gasteiger partial charge in [0.1, 0.15) is 0 Å². The molecule has 3 N–H and O–H groups in total. The number of sulfonamides is 1. The van der Waals surface area contributed by atoms with Crippen molar-refractivity contribution >= 4 is 38.7 Å². The van der Waals surface area contributed by atoms with E-state index in [0.29, 0.717) is 16.1 Å². The fourth-order valence-corrected chi connectivity index (χ4v) is 4.49. The van der Waals surface area contributed by atoms with Crippen molar-refractivity contribution in [1.82, 2.24) is 4.98 Å². The van der Waals surface area contributed by atoms with Gasteiger partial charge in [0, 0.05) is 18.1 Å². The quantitative estimate of drug-likeness (QED) is 0.585. The molecule has 1 atom stereocenters. The number of nitrogens with two attached hydrogens (primary N) is 1. The van der Waals surface area contributed by atoms with E-state index in [4.69, 9.17) is 5.14 Å². The molecule has 10 heteroatoms. The molecular formula is C20H15N3O5S2. The van der Waals surface area contributed by atoms with Gasteiger partial charge in [-0.15, -0.1) is 11.3 Å². The summed E-state index contributed by atoms with van der Waals surface area (Å²) in [6, 6.07) is 11.0. The molecule has 0 spiro atoms. The number of carbonyl (C=O) groups excluding carboxylic acids is 2. The highest BCUT2D eigenvalue weighted by Crippen LogP contribution is 2.42. The predicted molar refractivity (Wildman–Crippen MR) is 111 cm³/mol. The molecule has 0 bridgehead atoms. The lowest BCUT2D eigenvalue weighted by molar-refractivity contribution is -0.117. The van der Waals surface area contributed by atoms with Crippen LogP contribution in [0.5, 0.6) is 0 Å². The van der Waals surface area contributed by atoms with Crippen LogP contribution in [0.2, 0.25) is 0 Å². The number of carbonyl (C=O) groups is 2. The first-order valence-corrected chi connectivity index (χ1v) is 11.1. The van der Waals surface area contributed by atoms with Gasteiger partial charge in [-0.3, -0.25) is 19.5 Å². The summed E-state index contributed by atoms with van der Waals surface area (Å²) in [5, 5.41) is 17.5. The molecule has 30 heavy (non-hydrogen) atoms. The fourth-order valence-electron chi connectivity index (χ4n) is 3.30. The Bertz CT molecular complexity index is 1250. The molecule has 8 nitrogen and oxygen atoms in total. The number of primary sulfonamides is 1. The minimum Gasteiger partial charge on any atom is -0.503 e. The van der Waals surface area contributed by atoms with Crippen molar-refractivity contribution in [3.05, 3.63) is 88.1 Å². The van der Waals surface area contributed by atoms with Crippen LogP contribution in [0.3, 0.4) is 0 Å². The number of nitrogens with zero attached hydrogens (tertiary/aromatic N) is 2. The van der Waals surface area contributed by atoms with Gasteiger partial charge in [-0.25, -0.2) is 13.6 Å². The normalized spacial score (nSPS) is 16.9. The third kappa shape index (κ3) is 3.41. The molecule has 0 saturated heterocycles. The molecule has 3 heterocycles. The maximum Gasteiger partial charge on any atom is 0.294 e. The van der Waals surface area contributed by atoms with Crippen molar-refractivity contribution < 1.29 is 23.1 Å². The number of benzene rings is 1. The van der Waals surface area contributed by atoms with Gasteiger partial charge in [-0.1, -0.05) is 6.07 Å². The van der Waals surface area contributed by atoms with Gasteiger partial charge in [0.15, 0.2) is 5.76 Å². The Morgan fingerprint density at radius 3 is 2.33 bits per heavy atom. The smallest absolute Gasteiger partial charge is 0.294 e. The molecule has 1 aliphatic heterocycles. The lowest BCUT2D eigenvalue weighted by Crippen LogP contribution is -2.31. The number of thiophene rings is 1. The van der Waals surface area contributed by atoms with Gasteiger partial charge in [0.25, 0.3) is 5.91 Å². The van der Waals surface area contributed by atoms with Gasteiger partial charge in [-0.05, 0) is 53.4 Å². The van der Waals surface area contributed by atoms with Crippen molar-refractivity contribution in [2.75, 3.05) is 4.90 Å². The second-order valence-corrected chi connectivity index (χ2v) is 8.97. The number of aliphatic hydroxyl groups is 1. The van der Waals surface area contributed by atoms with E-state index in [0.717, 1.165) is 0 Å². The van der Waals surface area contributed by atoms with Gasteiger partial charge in [0.05, 0.1) is 21.4 Å². The molecular weight excluding hydrogens is 426 g/mol. The van der Waals surface area contributed by atoms with Crippen molar-refractivity contribution in [3.63, 3.8) is 0 Å². The van der Waals surface area contributed by atoms with Crippen LogP contribution in [-0.2, 0) is 14.8 Å². The number of Topliss-reactive ketones (excluding diaryl/α,β-unsaturated/α-hetero) is 1.